The number of hydrazine groups is 1. The van der Waals surface area contributed by atoms with Crippen LogP contribution >= 0.6 is 0 Å². The summed E-state index contributed by atoms with van der Waals surface area (Å²) in [7, 11) is -3.57. The molecule has 0 aliphatic carbocycles. The van der Waals surface area contributed by atoms with Gasteiger partial charge in [0.2, 0.25) is 15.5 Å². The predicted molar refractivity (Wildman–Crippen MR) is 114 cm³/mol. The quantitative estimate of drug-likeness (QED) is 0.528. The van der Waals surface area contributed by atoms with Crippen molar-refractivity contribution in [3.8, 4) is 0 Å². The van der Waals surface area contributed by atoms with Crippen LogP contribution in [0.3, 0.4) is 0 Å². The Labute approximate surface area is 178 Å². The standard InChI is InChI=1S/C21H20N4O5S/c26-19-16-5-1-2-6-18(16)22-13-17(19)21(28)24-23-20(27)14-7-9-15(10-8-14)31(29,30)25-11-3-4-12-25/h1-2,5-10,13H,3-4,11-12H2,(H,22,26)(H,23,27)(H,24,28). The Balaban J connectivity index is 1.44. The van der Waals surface area contributed by atoms with E-state index in [0.29, 0.717) is 24.0 Å². The average molecular weight is 440 g/mol. The first-order chi connectivity index (χ1) is 14.9. The molecule has 0 radical (unpaired) electrons. The minimum Gasteiger partial charge on any atom is -0.360 e. The summed E-state index contributed by atoms with van der Waals surface area (Å²) < 4.78 is 26.5. The summed E-state index contributed by atoms with van der Waals surface area (Å²) in [5.74, 6) is -1.41. The molecule has 1 saturated heterocycles. The van der Waals surface area contributed by atoms with E-state index in [1.54, 1.807) is 24.3 Å². The molecule has 4 rings (SSSR count). The van der Waals surface area contributed by atoms with Crippen LogP contribution in [0.4, 0.5) is 0 Å². The highest BCUT2D eigenvalue weighted by Gasteiger charge is 2.27. The number of H-pyrrole nitrogens is 1. The highest BCUT2D eigenvalue weighted by atomic mass is 32.2. The largest absolute Gasteiger partial charge is 0.360 e. The van der Waals surface area contributed by atoms with Crippen molar-refractivity contribution in [2.24, 2.45) is 0 Å². The molecule has 1 fully saturated rings. The molecule has 0 unspecified atom stereocenters. The predicted octanol–water partition coefficient (Wildman–Crippen LogP) is 1.39. The molecule has 9 nitrogen and oxygen atoms in total. The molecule has 1 aromatic heterocycles. The van der Waals surface area contributed by atoms with Crippen molar-refractivity contribution >= 4 is 32.7 Å². The fraction of sp³-hybridized carbons (Fsp3) is 0.190. The van der Waals surface area contributed by atoms with Gasteiger partial charge in [-0.25, -0.2) is 8.42 Å². The number of rotatable bonds is 4. The van der Waals surface area contributed by atoms with Gasteiger partial charge in [0.1, 0.15) is 5.56 Å². The third-order valence-corrected chi connectivity index (χ3v) is 7.05. The molecular formula is C21H20N4O5S. The Kier molecular flexibility index (Phi) is 5.57. The number of benzene rings is 2. The van der Waals surface area contributed by atoms with Gasteiger partial charge in [-0.3, -0.25) is 25.2 Å². The van der Waals surface area contributed by atoms with Crippen molar-refractivity contribution in [1.82, 2.24) is 20.1 Å². The molecule has 1 aliphatic rings. The third-order valence-electron chi connectivity index (χ3n) is 5.14. The van der Waals surface area contributed by atoms with Crippen LogP contribution in [0.5, 0.6) is 0 Å². The fourth-order valence-corrected chi connectivity index (χ4v) is 4.96. The number of hydrogen-bond acceptors (Lipinski definition) is 5. The Morgan fingerprint density at radius 2 is 1.55 bits per heavy atom. The SMILES string of the molecule is O=C(NNC(=O)c1c[nH]c2ccccc2c1=O)c1ccc(S(=O)(=O)N2CCCC2)cc1. The first-order valence-corrected chi connectivity index (χ1v) is 11.1. The van der Waals surface area contributed by atoms with Crippen LogP contribution in [0.1, 0.15) is 33.6 Å². The van der Waals surface area contributed by atoms with E-state index in [2.05, 4.69) is 15.8 Å². The van der Waals surface area contributed by atoms with Crippen molar-refractivity contribution in [2.75, 3.05) is 13.1 Å². The number of nitrogens with zero attached hydrogens (tertiary/aromatic N) is 1. The van der Waals surface area contributed by atoms with E-state index in [1.165, 1.54) is 34.8 Å². The fourth-order valence-electron chi connectivity index (χ4n) is 3.45. The lowest BCUT2D eigenvalue weighted by Crippen LogP contribution is -2.43. The monoisotopic (exact) mass is 440 g/mol. The van der Waals surface area contributed by atoms with Crippen LogP contribution in [-0.4, -0.2) is 42.6 Å². The topological polar surface area (TPSA) is 128 Å². The molecular weight excluding hydrogens is 420 g/mol. The molecule has 0 bridgehead atoms. The minimum absolute atomic E-state index is 0.109. The summed E-state index contributed by atoms with van der Waals surface area (Å²) in [6.07, 6.45) is 2.95. The van der Waals surface area contributed by atoms with Crippen LogP contribution in [-0.2, 0) is 10.0 Å². The van der Waals surface area contributed by atoms with Crippen molar-refractivity contribution in [3.63, 3.8) is 0 Å². The van der Waals surface area contributed by atoms with E-state index >= 15 is 0 Å². The van der Waals surface area contributed by atoms with Gasteiger partial charge >= 0.3 is 0 Å². The number of fused-ring (bicyclic) bond motifs is 1. The van der Waals surface area contributed by atoms with Crippen LogP contribution in [0.15, 0.2) is 64.4 Å². The van der Waals surface area contributed by atoms with Gasteiger partial charge in [0.25, 0.3) is 11.8 Å². The average Bonchev–Trinajstić information content (AvgIpc) is 3.34. The smallest absolute Gasteiger partial charge is 0.275 e. The second kappa shape index (κ2) is 8.32. The molecule has 2 aromatic carbocycles. The number of amides is 2. The number of para-hydroxylation sites is 1. The van der Waals surface area contributed by atoms with Gasteiger partial charge in [-0.1, -0.05) is 12.1 Å². The Hall–Kier alpha value is -3.50. The zero-order chi connectivity index (χ0) is 22.0. The van der Waals surface area contributed by atoms with Gasteiger partial charge in [0.05, 0.1) is 4.90 Å². The summed E-state index contributed by atoms with van der Waals surface area (Å²) in [6.45, 7) is 0.981. The van der Waals surface area contributed by atoms with E-state index in [0.717, 1.165) is 12.8 Å². The van der Waals surface area contributed by atoms with E-state index in [9.17, 15) is 22.8 Å². The van der Waals surface area contributed by atoms with E-state index in [1.807, 2.05) is 0 Å². The molecule has 2 amide bonds. The molecule has 31 heavy (non-hydrogen) atoms. The Morgan fingerprint density at radius 3 is 2.26 bits per heavy atom. The minimum atomic E-state index is -3.57. The number of nitrogens with one attached hydrogen (secondary N) is 3. The maximum atomic E-state index is 12.5. The maximum Gasteiger partial charge on any atom is 0.275 e. The highest BCUT2D eigenvalue weighted by molar-refractivity contribution is 7.89. The lowest BCUT2D eigenvalue weighted by molar-refractivity contribution is 0.0846. The third kappa shape index (κ3) is 4.07. The van der Waals surface area contributed by atoms with Crippen molar-refractivity contribution in [2.45, 2.75) is 17.7 Å². The van der Waals surface area contributed by atoms with Crippen LogP contribution in [0, 0.1) is 0 Å². The lowest BCUT2D eigenvalue weighted by atomic mass is 10.1. The molecule has 0 atom stereocenters. The van der Waals surface area contributed by atoms with Crippen molar-refractivity contribution in [3.05, 3.63) is 76.1 Å². The molecule has 3 N–H and O–H groups in total. The van der Waals surface area contributed by atoms with Gasteiger partial charge in [0, 0.05) is 35.8 Å². The Morgan fingerprint density at radius 1 is 0.903 bits per heavy atom. The zero-order valence-electron chi connectivity index (χ0n) is 16.4. The van der Waals surface area contributed by atoms with Gasteiger partial charge in [0.15, 0.2) is 0 Å². The summed E-state index contributed by atoms with van der Waals surface area (Å²) in [5, 5.41) is 0.358. The number of pyridine rings is 1. The maximum absolute atomic E-state index is 12.5. The van der Waals surface area contributed by atoms with Crippen LogP contribution in [0.25, 0.3) is 10.9 Å². The van der Waals surface area contributed by atoms with E-state index in [-0.39, 0.29) is 16.0 Å². The van der Waals surface area contributed by atoms with Gasteiger partial charge in [-0.05, 0) is 49.2 Å². The molecule has 0 spiro atoms. The number of aromatic amines is 1. The number of sulfonamides is 1. The first-order valence-electron chi connectivity index (χ1n) is 9.69. The summed E-state index contributed by atoms with van der Waals surface area (Å²) in [4.78, 5) is 40.1. The van der Waals surface area contributed by atoms with Crippen molar-refractivity contribution < 1.29 is 18.0 Å². The lowest BCUT2D eigenvalue weighted by Gasteiger charge is -2.15. The van der Waals surface area contributed by atoms with Gasteiger partial charge in [-0.15, -0.1) is 0 Å². The number of carbonyl (C=O) groups is 2. The molecule has 0 saturated carbocycles. The summed E-state index contributed by atoms with van der Waals surface area (Å²) in [5.41, 5.74) is 4.59. The summed E-state index contributed by atoms with van der Waals surface area (Å²) >= 11 is 0. The van der Waals surface area contributed by atoms with Gasteiger partial charge in [-0.2, -0.15) is 4.31 Å². The molecule has 10 heteroatoms. The van der Waals surface area contributed by atoms with Crippen LogP contribution in [0.2, 0.25) is 0 Å². The number of carbonyl (C=O) groups excluding carboxylic acids is 2. The first kappa shape index (κ1) is 20.8. The number of hydrogen-bond donors (Lipinski definition) is 3. The van der Waals surface area contributed by atoms with Crippen molar-refractivity contribution in [1.29, 1.82) is 0 Å². The summed E-state index contributed by atoms with van der Waals surface area (Å²) in [6, 6.07) is 12.2. The zero-order valence-corrected chi connectivity index (χ0v) is 17.2. The molecule has 160 valence electrons. The second-order valence-electron chi connectivity index (χ2n) is 7.12. The molecule has 3 aromatic rings. The Bertz CT molecular complexity index is 1310. The van der Waals surface area contributed by atoms with Gasteiger partial charge < -0.3 is 4.98 Å². The molecule has 2 heterocycles. The van der Waals surface area contributed by atoms with E-state index in [4.69, 9.17) is 0 Å². The number of aromatic nitrogens is 1. The highest BCUT2D eigenvalue weighted by Crippen LogP contribution is 2.21. The van der Waals surface area contributed by atoms with Crippen LogP contribution < -0.4 is 16.3 Å². The van der Waals surface area contributed by atoms with E-state index < -0.39 is 27.3 Å². The normalized spacial score (nSPS) is 14.5. The molecule has 1 aliphatic heterocycles. The second-order valence-corrected chi connectivity index (χ2v) is 9.06.